The summed E-state index contributed by atoms with van der Waals surface area (Å²) in [5, 5.41) is 23.6. The predicted octanol–water partition coefficient (Wildman–Crippen LogP) is -3.22. The SMILES string of the molecule is Bc1c(B)c(O)c(N2CCN(CCCCc3cccc4c3CN(C3CCC(=O)NC3=O)C4=O)CC2)c(B)c1O. The number of hydrogen-bond donors (Lipinski definition) is 3. The number of benzene rings is 2. The topological polar surface area (TPSA) is 113 Å². The lowest BCUT2D eigenvalue weighted by Crippen LogP contribution is -2.52. The summed E-state index contributed by atoms with van der Waals surface area (Å²) in [6.07, 6.45) is 3.52. The first kappa shape index (κ1) is 27.2. The lowest BCUT2D eigenvalue weighted by atomic mass is 9.74. The third-order valence-electron chi connectivity index (χ3n) is 8.75. The maximum Gasteiger partial charge on any atom is 0.255 e. The molecule has 0 bridgehead atoms. The number of amides is 3. The number of phenolic OH excluding ortho intramolecular Hbond substituents is 2. The third-order valence-corrected chi connectivity index (χ3v) is 8.75. The molecule has 3 aliphatic heterocycles. The van der Waals surface area contributed by atoms with E-state index in [-0.39, 0.29) is 35.6 Å². The average molecular weight is 528 g/mol. The zero-order valence-electron chi connectivity index (χ0n) is 23.0. The van der Waals surface area contributed by atoms with Gasteiger partial charge >= 0.3 is 0 Å². The highest BCUT2D eigenvalue weighted by Gasteiger charge is 2.39. The summed E-state index contributed by atoms with van der Waals surface area (Å²) in [5.41, 5.74) is 5.76. The predicted molar refractivity (Wildman–Crippen MR) is 158 cm³/mol. The molecule has 2 saturated heterocycles. The highest BCUT2D eigenvalue weighted by molar-refractivity contribution is 6.54. The van der Waals surface area contributed by atoms with E-state index >= 15 is 0 Å². The van der Waals surface area contributed by atoms with Gasteiger partial charge in [-0.05, 0) is 60.3 Å². The number of hydrogen-bond acceptors (Lipinski definition) is 7. The monoisotopic (exact) mass is 528 g/mol. The molecule has 2 fully saturated rings. The van der Waals surface area contributed by atoms with Gasteiger partial charge in [-0.1, -0.05) is 17.6 Å². The van der Waals surface area contributed by atoms with E-state index in [9.17, 15) is 24.6 Å². The molecule has 0 aromatic heterocycles. The smallest absolute Gasteiger partial charge is 0.255 e. The Morgan fingerprint density at radius 3 is 2.36 bits per heavy atom. The first-order valence-electron chi connectivity index (χ1n) is 13.9. The van der Waals surface area contributed by atoms with Crippen LogP contribution in [0.3, 0.4) is 0 Å². The zero-order chi connectivity index (χ0) is 27.8. The summed E-state index contributed by atoms with van der Waals surface area (Å²) in [4.78, 5) is 43.2. The second-order valence-corrected chi connectivity index (χ2v) is 11.0. The minimum absolute atomic E-state index is 0.127. The summed E-state index contributed by atoms with van der Waals surface area (Å²) >= 11 is 0. The zero-order valence-corrected chi connectivity index (χ0v) is 23.0. The Labute approximate surface area is 231 Å². The molecular weight excluding hydrogens is 493 g/mol. The molecule has 39 heavy (non-hydrogen) atoms. The second kappa shape index (κ2) is 11.0. The molecule has 5 rings (SSSR count). The average Bonchev–Trinajstić information content (AvgIpc) is 3.26. The number of piperidine rings is 1. The lowest BCUT2D eigenvalue weighted by Gasteiger charge is -2.37. The van der Waals surface area contributed by atoms with Crippen molar-refractivity contribution in [2.45, 2.75) is 44.7 Å². The lowest BCUT2D eigenvalue weighted by molar-refractivity contribution is -0.136. The van der Waals surface area contributed by atoms with Gasteiger partial charge in [0.05, 0.1) is 5.69 Å². The molecule has 3 N–H and O–H groups in total. The Kier molecular flexibility index (Phi) is 7.67. The Hall–Kier alpha value is -3.40. The molecule has 0 spiro atoms. The summed E-state index contributed by atoms with van der Waals surface area (Å²) in [7, 11) is 5.53. The molecular formula is C27H35B3N4O5. The molecule has 0 saturated carbocycles. The number of nitrogens with zero attached hydrogens (tertiary/aromatic N) is 3. The van der Waals surface area contributed by atoms with Crippen molar-refractivity contribution < 1.29 is 24.6 Å². The molecule has 1 atom stereocenters. The number of unbranched alkanes of at least 4 members (excludes halogenated alkanes) is 1. The van der Waals surface area contributed by atoms with E-state index in [0.717, 1.165) is 85.2 Å². The largest absolute Gasteiger partial charge is 0.509 e. The van der Waals surface area contributed by atoms with Gasteiger partial charge in [0.1, 0.15) is 41.1 Å². The van der Waals surface area contributed by atoms with Crippen LogP contribution in [0.15, 0.2) is 18.2 Å². The Balaban J connectivity index is 1.13. The maximum absolute atomic E-state index is 13.1. The molecule has 12 heteroatoms. The number of aryl methyl sites for hydroxylation is 1. The minimum atomic E-state index is -0.590. The molecule has 2 aromatic rings. The van der Waals surface area contributed by atoms with Crippen LogP contribution in [0.25, 0.3) is 0 Å². The Morgan fingerprint density at radius 1 is 0.923 bits per heavy atom. The van der Waals surface area contributed by atoms with Crippen molar-refractivity contribution in [3.63, 3.8) is 0 Å². The summed E-state index contributed by atoms with van der Waals surface area (Å²) in [6.45, 7) is 4.76. The summed E-state index contributed by atoms with van der Waals surface area (Å²) in [5.74, 6) is -0.259. The number of aromatic hydroxyl groups is 2. The van der Waals surface area contributed by atoms with Gasteiger partial charge < -0.3 is 20.0 Å². The molecule has 9 nitrogen and oxygen atoms in total. The normalized spacial score (nSPS) is 19.9. The number of piperazine rings is 1. The number of fused-ring (bicyclic) bond motifs is 1. The van der Waals surface area contributed by atoms with Crippen LogP contribution >= 0.6 is 0 Å². The second-order valence-electron chi connectivity index (χ2n) is 11.0. The fourth-order valence-electron chi connectivity index (χ4n) is 6.22. The van der Waals surface area contributed by atoms with Crippen molar-refractivity contribution in [3.8, 4) is 11.5 Å². The first-order valence-corrected chi connectivity index (χ1v) is 13.9. The molecule has 0 aliphatic carbocycles. The van der Waals surface area contributed by atoms with Crippen LogP contribution in [-0.2, 0) is 22.6 Å². The molecule has 3 aliphatic rings. The van der Waals surface area contributed by atoms with Crippen molar-refractivity contribution in [3.05, 3.63) is 34.9 Å². The van der Waals surface area contributed by atoms with Crippen molar-refractivity contribution in [1.29, 1.82) is 0 Å². The van der Waals surface area contributed by atoms with Gasteiger partial charge in [0.15, 0.2) is 0 Å². The Bertz CT molecular complexity index is 1300. The van der Waals surface area contributed by atoms with Crippen LogP contribution in [0.4, 0.5) is 5.69 Å². The third kappa shape index (κ3) is 5.14. The molecule has 3 heterocycles. The van der Waals surface area contributed by atoms with Crippen LogP contribution < -0.4 is 26.6 Å². The van der Waals surface area contributed by atoms with Gasteiger partial charge in [-0.2, -0.15) is 0 Å². The van der Waals surface area contributed by atoms with Crippen LogP contribution in [0.1, 0.15) is 47.2 Å². The molecule has 2 aromatic carbocycles. The summed E-state index contributed by atoms with van der Waals surface area (Å²) in [6, 6.07) is 5.24. The maximum atomic E-state index is 13.1. The molecule has 1 unspecified atom stereocenters. The van der Waals surface area contributed by atoms with Crippen molar-refractivity contribution in [2.75, 3.05) is 37.6 Å². The van der Waals surface area contributed by atoms with Gasteiger partial charge in [0, 0.05) is 44.7 Å². The van der Waals surface area contributed by atoms with Gasteiger partial charge in [-0.3, -0.25) is 24.6 Å². The number of carbonyl (C=O) groups is 3. The highest BCUT2D eigenvalue weighted by atomic mass is 16.3. The van der Waals surface area contributed by atoms with E-state index in [4.69, 9.17) is 0 Å². The van der Waals surface area contributed by atoms with E-state index in [2.05, 4.69) is 21.2 Å². The molecule has 202 valence electrons. The van der Waals surface area contributed by atoms with E-state index in [1.54, 1.807) is 4.90 Å². The molecule has 3 amide bonds. The number of carbonyl (C=O) groups excluding carboxylic acids is 3. The van der Waals surface area contributed by atoms with Crippen LogP contribution in [-0.4, -0.2) is 100 Å². The molecule has 0 radical (unpaired) electrons. The van der Waals surface area contributed by atoms with Crippen LogP contribution in [0.2, 0.25) is 0 Å². The summed E-state index contributed by atoms with van der Waals surface area (Å²) < 4.78 is 0. The number of phenols is 2. The van der Waals surface area contributed by atoms with Gasteiger partial charge in [0.2, 0.25) is 11.8 Å². The highest BCUT2D eigenvalue weighted by Crippen LogP contribution is 2.31. The number of anilines is 1. The van der Waals surface area contributed by atoms with Crippen LogP contribution in [0.5, 0.6) is 11.5 Å². The number of nitrogens with one attached hydrogen (secondary N) is 1. The quantitative estimate of drug-likeness (QED) is 0.150. The van der Waals surface area contributed by atoms with Gasteiger partial charge in [-0.25, -0.2) is 0 Å². The minimum Gasteiger partial charge on any atom is -0.509 e. The number of imide groups is 1. The fraction of sp³-hybridized carbons (Fsp3) is 0.444. The van der Waals surface area contributed by atoms with Crippen molar-refractivity contribution in [1.82, 2.24) is 15.1 Å². The number of rotatable bonds is 7. The standard InChI is InChI=1S/C27H35B3N4O5/c28-20-21(29)25(37)23(22(30)24(20)36)33-12-10-32(11-13-33)9-2-1-4-15-5-3-6-16-17(15)14-34(27(16)39)18-7-8-19(35)31-26(18)38/h3,5-6,18,36-37H,1-2,4,7-14,28-30H2,(H,31,35,38). The first-order chi connectivity index (χ1) is 18.7. The van der Waals surface area contributed by atoms with E-state index in [0.29, 0.717) is 18.5 Å². The van der Waals surface area contributed by atoms with Gasteiger partial charge in [0.25, 0.3) is 5.91 Å². The van der Waals surface area contributed by atoms with Crippen molar-refractivity contribution >= 4 is 63.3 Å². The van der Waals surface area contributed by atoms with Crippen molar-refractivity contribution in [2.24, 2.45) is 0 Å². The van der Waals surface area contributed by atoms with E-state index < -0.39 is 6.04 Å². The Morgan fingerprint density at radius 2 is 1.64 bits per heavy atom. The fourth-order valence-corrected chi connectivity index (χ4v) is 6.22. The van der Waals surface area contributed by atoms with Gasteiger partial charge in [-0.15, -0.1) is 0 Å². The van der Waals surface area contributed by atoms with E-state index in [1.165, 1.54) is 0 Å². The van der Waals surface area contributed by atoms with Crippen LogP contribution in [0, 0.1) is 0 Å². The van der Waals surface area contributed by atoms with E-state index in [1.807, 2.05) is 35.7 Å².